The van der Waals surface area contributed by atoms with E-state index >= 15 is 0 Å². The molecule has 370 valence electrons. The molecule has 77 heavy (non-hydrogen) atoms. The van der Waals surface area contributed by atoms with Gasteiger partial charge < -0.3 is 9.80 Å². The lowest BCUT2D eigenvalue weighted by Crippen LogP contribution is -2.61. The van der Waals surface area contributed by atoms with Gasteiger partial charge >= 0.3 is 0 Å². The molecule has 4 heterocycles. The Kier molecular flexibility index (Phi) is 10.3. The molecule has 0 atom stereocenters. The Morgan fingerprint density at radius 1 is 0.390 bits per heavy atom. The molecule has 4 heteroatoms. The number of rotatable bonds is 6. The minimum absolute atomic E-state index is 0.527. The average Bonchev–Trinajstić information content (AvgIpc) is 4.45. The molecule has 0 N–H and O–H groups in total. The van der Waals surface area contributed by atoms with E-state index in [4.69, 9.17) is 0 Å². The van der Waals surface area contributed by atoms with Crippen molar-refractivity contribution in [1.82, 2.24) is 0 Å². The number of para-hydroxylation sites is 4. The smallest absolute Gasteiger partial charge is 0.123 e. The largest absolute Gasteiger partial charge is 0.314 e. The van der Waals surface area contributed by atoms with Crippen LogP contribution in [0.25, 0.3) is 39.3 Å². The molecule has 6 aliphatic rings. The Morgan fingerprint density at radius 3 is 1.31 bits per heavy atom. The number of anilines is 5. The van der Waals surface area contributed by atoms with Gasteiger partial charge in [0.1, 0.15) is 16.1 Å². The number of nitrogens with zero attached hydrogens (tertiary/aromatic N) is 2. The quantitative estimate of drug-likeness (QED) is 0.0930. The van der Waals surface area contributed by atoms with Gasteiger partial charge in [-0.05, 0) is 149 Å². The second kappa shape index (κ2) is 17.5. The molecular weight excluding hydrogens is 961 g/mol. The summed E-state index contributed by atoms with van der Waals surface area (Å²) in [7, 11) is -3.78. The minimum atomic E-state index is -1.91. The number of fused-ring (bicyclic) bond motifs is 12. The Balaban J connectivity index is 0.865. The summed E-state index contributed by atoms with van der Waals surface area (Å²) in [6, 6.07) is 92.0. The van der Waals surface area contributed by atoms with Crippen molar-refractivity contribution in [3.63, 3.8) is 0 Å². The van der Waals surface area contributed by atoms with Crippen LogP contribution in [-0.4, -0.2) is 16.1 Å². The fraction of sp³-hybridized carbons (Fsp3) is 0.151. The summed E-state index contributed by atoms with van der Waals surface area (Å²) in [4.78, 5) is 5.34. The fourth-order valence-electron chi connectivity index (χ4n) is 16.2. The standard InChI is InChI=1S/C73H60N2Si2/c1-3-23-52(24-4-1)73(53-25-5-2-6-26-53)62-49-51(40-43-58(62)59-44-41-54(50-63(59)73)74-64-31-11-15-35-68(64)76(45-19-20-46-76)69-36-16-12-32-65(69)74)39-42-57-55-27-7-9-29-60(55)72(61-30-10-8-28-56(57)61)75-66-33-13-17-37-70(66)77(47-21-22-48-77)71-38-18-14-34-67(71)75/h1-18,23-40,42-43,49-50H,19-22,41,44-48H2. The van der Waals surface area contributed by atoms with Gasteiger partial charge in [0.2, 0.25) is 0 Å². The molecule has 4 aliphatic heterocycles. The summed E-state index contributed by atoms with van der Waals surface area (Å²) in [5, 5.41) is 11.6. The molecule has 0 unspecified atom stereocenters. The summed E-state index contributed by atoms with van der Waals surface area (Å²) in [5.74, 6) is 0. The lowest BCUT2D eigenvalue weighted by molar-refractivity contribution is 0.750. The van der Waals surface area contributed by atoms with Crippen LogP contribution >= 0.6 is 0 Å². The van der Waals surface area contributed by atoms with Gasteiger partial charge in [-0.3, -0.25) is 0 Å². The van der Waals surface area contributed by atoms with Crippen LogP contribution in [0.4, 0.5) is 28.4 Å². The van der Waals surface area contributed by atoms with Crippen molar-refractivity contribution in [2.45, 2.75) is 68.1 Å². The first-order valence-corrected chi connectivity index (χ1v) is 33.3. The van der Waals surface area contributed by atoms with Crippen molar-refractivity contribution in [1.29, 1.82) is 0 Å². The van der Waals surface area contributed by atoms with Gasteiger partial charge in [0.05, 0.1) is 11.1 Å². The fourth-order valence-corrected chi connectivity index (χ4v) is 27.3. The van der Waals surface area contributed by atoms with Gasteiger partial charge in [-0.25, -0.2) is 0 Å². The van der Waals surface area contributed by atoms with Gasteiger partial charge in [0, 0.05) is 39.2 Å². The van der Waals surface area contributed by atoms with Crippen LogP contribution in [0.3, 0.4) is 0 Å². The SMILES string of the molecule is C(=Cc1c2ccccc2c(N2c3ccccc3[Si]3(CCCC3)c3ccccc32)c2ccccc12)c1ccc2c(c1)C(c1ccccc1)(c1ccccc1)C1=C2CCC(N2c3ccccc3[Si]3(CCCC3)c3ccccc32)=C1. The van der Waals surface area contributed by atoms with E-state index in [0.717, 1.165) is 12.8 Å². The predicted octanol–water partition coefficient (Wildman–Crippen LogP) is 16.6. The number of benzene rings is 10. The first-order chi connectivity index (χ1) is 38.2. The Labute approximate surface area is 455 Å². The summed E-state index contributed by atoms with van der Waals surface area (Å²) >= 11 is 0. The van der Waals surface area contributed by atoms with Crippen LogP contribution in [0.15, 0.2) is 242 Å². The van der Waals surface area contributed by atoms with E-state index in [9.17, 15) is 0 Å². The maximum Gasteiger partial charge on any atom is 0.123 e. The Morgan fingerprint density at radius 2 is 0.818 bits per heavy atom. The molecule has 0 saturated carbocycles. The van der Waals surface area contributed by atoms with Crippen LogP contribution in [0.2, 0.25) is 24.2 Å². The molecule has 10 aromatic rings. The van der Waals surface area contributed by atoms with Crippen LogP contribution in [0.1, 0.15) is 71.9 Å². The third kappa shape index (κ3) is 6.40. The highest BCUT2D eigenvalue weighted by Gasteiger charge is 2.51. The lowest BCUT2D eigenvalue weighted by Gasteiger charge is -2.44. The highest BCUT2D eigenvalue weighted by molar-refractivity contribution is 7.05. The summed E-state index contributed by atoms with van der Waals surface area (Å²) in [6.07, 6.45) is 14.8. The predicted molar refractivity (Wildman–Crippen MR) is 331 cm³/mol. The number of allylic oxidation sites excluding steroid dienone is 4. The van der Waals surface area contributed by atoms with Crippen molar-refractivity contribution >= 4 is 105 Å². The summed E-state index contributed by atoms with van der Waals surface area (Å²) < 4.78 is 0. The highest BCUT2D eigenvalue weighted by atomic mass is 28.3. The molecule has 2 spiro atoms. The monoisotopic (exact) mass is 1020 g/mol. The molecule has 2 nitrogen and oxygen atoms in total. The third-order valence-corrected chi connectivity index (χ3v) is 30.0. The van der Waals surface area contributed by atoms with Crippen molar-refractivity contribution < 1.29 is 0 Å². The zero-order valence-corrected chi connectivity index (χ0v) is 45.6. The molecular formula is C73H60N2Si2. The Bertz CT molecular complexity index is 3940. The lowest BCUT2D eigenvalue weighted by atomic mass is 9.66. The summed E-state index contributed by atoms with van der Waals surface area (Å²) in [5.41, 5.74) is 18.4. The zero-order valence-electron chi connectivity index (χ0n) is 43.6. The van der Waals surface area contributed by atoms with Gasteiger partial charge in [-0.1, -0.05) is 232 Å². The molecule has 0 aromatic heterocycles. The molecule has 2 aliphatic carbocycles. The molecule has 10 aromatic carbocycles. The van der Waals surface area contributed by atoms with Crippen LogP contribution in [0.5, 0.6) is 0 Å². The van der Waals surface area contributed by atoms with E-state index < -0.39 is 21.6 Å². The third-order valence-electron chi connectivity index (χ3n) is 19.3. The first kappa shape index (κ1) is 45.2. The number of hydrogen-bond acceptors (Lipinski definition) is 2. The number of hydrogen-bond donors (Lipinski definition) is 0. The maximum atomic E-state index is 2.69. The van der Waals surface area contributed by atoms with Crippen LogP contribution in [-0.2, 0) is 5.41 Å². The average molecular weight is 1020 g/mol. The normalized spacial score (nSPS) is 18.1. The maximum absolute atomic E-state index is 2.69. The topological polar surface area (TPSA) is 6.48 Å². The van der Waals surface area contributed by atoms with Crippen molar-refractivity contribution in [3.05, 3.63) is 275 Å². The second-order valence-corrected chi connectivity index (χ2v) is 31.3. The molecule has 16 rings (SSSR count). The van der Waals surface area contributed by atoms with E-state index in [1.54, 1.807) is 20.7 Å². The van der Waals surface area contributed by atoms with Gasteiger partial charge in [0.15, 0.2) is 0 Å². The zero-order chi connectivity index (χ0) is 50.7. The molecule has 0 radical (unpaired) electrons. The molecule has 2 fully saturated rings. The van der Waals surface area contributed by atoms with Crippen molar-refractivity contribution in [2.24, 2.45) is 0 Å². The van der Waals surface area contributed by atoms with Gasteiger partial charge in [0.25, 0.3) is 0 Å². The second-order valence-electron chi connectivity index (χ2n) is 22.8. The Hall–Kier alpha value is -8.03. The van der Waals surface area contributed by atoms with Gasteiger partial charge in [-0.2, -0.15) is 0 Å². The van der Waals surface area contributed by atoms with E-state index in [-0.39, 0.29) is 0 Å². The van der Waals surface area contributed by atoms with Gasteiger partial charge in [-0.15, -0.1) is 0 Å². The first-order valence-electron chi connectivity index (χ1n) is 28.5. The van der Waals surface area contributed by atoms with Crippen LogP contribution < -0.4 is 30.5 Å². The van der Waals surface area contributed by atoms with E-state index in [2.05, 4.69) is 252 Å². The molecule has 0 bridgehead atoms. The van der Waals surface area contributed by atoms with E-state index in [1.807, 2.05) is 0 Å². The summed E-state index contributed by atoms with van der Waals surface area (Å²) in [6.45, 7) is 0. The van der Waals surface area contributed by atoms with Crippen molar-refractivity contribution in [2.75, 3.05) is 9.80 Å². The van der Waals surface area contributed by atoms with Crippen molar-refractivity contribution in [3.8, 4) is 0 Å². The highest BCUT2D eigenvalue weighted by Crippen LogP contribution is 2.59. The molecule has 0 amide bonds. The van der Waals surface area contributed by atoms with E-state index in [1.165, 1.54) is 150 Å². The van der Waals surface area contributed by atoms with Crippen LogP contribution in [0, 0.1) is 0 Å². The molecule has 2 saturated heterocycles. The minimum Gasteiger partial charge on any atom is -0.314 e. The van der Waals surface area contributed by atoms with E-state index in [0.29, 0.717) is 0 Å².